The van der Waals surface area contributed by atoms with Crippen LogP contribution in [0.4, 0.5) is 10.5 Å². The maximum atomic E-state index is 12.1. The standard InChI is InChI=1S/C20H21NO9/c1-9(22)21-12-7-10-5-6-11(8-13(10)27-17(12)23)26-18-15-14(28-19(24)29-15)16(25-4)20(2,3)30-18/h5-8,14-16,18H,1-4H3,(H,21,22)/t14-,15+,16-,18?/m1/s1. The molecular weight excluding hydrogens is 398 g/mol. The molecule has 4 atom stereocenters. The summed E-state index contributed by atoms with van der Waals surface area (Å²) >= 11 is 0. The molecule has 3 heterocycles. The minimum atomic E-state index is -0.967. The molecule has 30 heavy (non-hydrogen) atoms. The summed E-state index contributed by atoms with van der Waals surface area (Å²) in [6.07, 6.45) is -3.87. The van der Waals surface area contributed by atoms with Crippen molar-refractivity contribution in [3.8, 4) is 5.75 Å². The quantitative estimate of drug-likeness (QED) is 0.587. The summed E-state index contributed by atoms with van der Waals surface area (Å²) in [6.45, 7) is 4.89. The van der Waals surface area contributed by atoms with Crippen LogP contribution < -0.4 is 15.7 Å². The van der Waals surface area contributed by atoms with Crippen LogP contribution in [0.5, 0.6) is 5.75 Å². The molecule has 160 valence electrons. The topological polar surface area (TPSA) is 123 Å². The van der Waals surface area contributed by atoms with Crippen molar-refractivity contribution in [3.05, 3.63) is 34.7 Å². The van der Waals surface area contributed by atoms with Crippen molar-refractivity contribution in [2.24, 2.45) is 0 Å². The maximum Gasteiger partial charge on any atom is 0.509 e. The number of nitrogens with one attached hydrogen (secondary N) is 1. The van der Waals surface area contributed by atoms with E-state index in [1.165, 1.54) is 26.2 Å². The SMILES string of the molecule is CO[C@@H]1[C@@H]2OC(=O)O[C@@H]2C(Oc2ccc3cc(NC(C)=O)c(=O)oc3c2)OC1(C)C. The Bertz CT molecular complexity index is 1060. The number of ether oxygens (including phenoxy) is 5. The van der Waals surface area contributed by atoms with Gasteiger partial charge in [0.1, 0.15) is 23.1 Å². The lowest BCUT2D eigenvalue weighted by Crippen LogP contribution is -2.62. The molecule has 2 aliphatic rings. The van der Waals surface area contributed by atoms with Crippen LogP contribution in [0.15, 0.2) is 33.5 Å². The summed E-state index contributed by atoms with van der Waals surface area (Å²) in [7, 11) is 1.50. The molecule has 10 nitrogen and oxygen atoms in total. The fraction of sp³-hybridized carbons (Fsp3) is 0.450. The lowest BCUT2D eigenvalue weighted by atomic mass is 9.89. The van der Waals surface area contributed by atoms with Gasteiger partial charge in [-0.15, -0.1) is 0 Å². The lowest BCUT2D eigenvalue weighted by Gasteiger charge is -2.45. The molecule has 2 aromatic rings. The Kier molecular flexibility index (Phi) is 4.91. The van der Waals surface area contributed by atoms with E-state index < -0.39 is 42.0 Å². The molecule has 0 saturated carbocycles. The van der Waals surface area contributed by atoms with E-state index in [0.29, 0.717) is 11.1 Å². The van der Waals surface area contributed by atoms with Crippen molar-refractivity contribution < 1.29 is 37.7 Å². The third-order valence-corrected chi connectivity index (χ3v) is 4.98. The molecule has 1 aromatic heterocycles. The first kappa shape index (κ1) is 20.2. The van der Waals surface area contributed by atoms with Gasteiger partial charge in [0.25, 0.3) is 0 Å². The highest BCUT2D eigenvalue weighted by atomic mass is 16.8. The Labute approximate surface area is 171 Å². The Balaban J connectivity index is 1.62. The fourth-order valence-corrected chi connectivity index (χ4v) is 3.74. The average Bonchev–Trinajstić information content (AvgIpc) is 3.03. The molecule has 2 aliphatic heterocycles. The summed E-state index contributed by atoms with van der Waals surface area (Å²) < 4.78 is 33.2. The number of hydrogen-bond donors (Lipinski definition) is 1. The summed E-state index contributed by atoms with van der Waals surface area (Å²) in [4.78, 5) is 35.0. The van der Waals surface area contributed by atoms with Crippen molar-refractivity contribution in [1.82, 2.24) is 0 Å². The third-order valence-electron chi connectivity index (χ3n) is 4.98. The predicted molar refractivity (Wildman–Crippen MR) is 102 cm³/mol. The second-order valence-corrected chi connectivity index (χ2v) is 7.61. The van der Waals surface area contributed by atoms with Crippen molar-refractivity contribution in [3.63, 3.8) is 0 Å². The average molecular weight is 419 g/mol. The van der Waals surface area contributed by atoms with E-state index in [0.717, 1.165) is 0 Å². The van der Waals surface area contributed by atoms with Crippen LogP contribution in [0.1, 0.15) is 20.8 Å². The van der Waals surface area contributed by atoms with Crippen molar-refractivity contribution in [2.45, 2.75) is 51.0 Å². The fourth-order valence-electron chi connectivity index (χ4n) is 3.74. The largest absolute Gasteiger partial charge is 0.509 e. The number of carbonyl (C=O) groups is 2. The smallest absolute Gasteiger partial charge is 0.461 e. The number of amides is 1. The zero-order chi connectivity index (χ0) is 21.6. The Morgan fingerprint density at radius 3 is 2.57 bits per heavy atom. The van der Waals surface area contributed by atoms with E-state index in [4.69, 9.17) is 28.1 Å². The van der Waals surface area contributed by atoms with Crippen LogP contribution in [-0.2, 0) is 23.7 Å². The van der Waals surface area contributed by atoms with E-state index in [-0.39, 0.29) is 17.2 Å². The zero-order valence-corrected chi connectivity index (χ0v) is 16.8. The second kappa shape index (κ2) is 7.29. The summed E-state index contributed by atoms with van der Waals surface area (Å²) in [6, 6.07) is 6.34. The Hall–Kier alpha value is -3.11. The molecule has 1 aromatic carbocycles. The highest BCUT2D eigenvalue weighted by Crippen LogP contribution is 2.38. The number of rotatable bonds is 4. The van der Waals surface area contributed by atoms with Crippen LogP contribution in [0.25, 0.3) is 11.0 Å². The lowest BCUT2D eigenvalue weighted by molar-refractivity contribution is -0.282. The number of benzene rings is 1. The monoisotopic (exact) mass is 419 g/mol. The number of anilines is 1. The van der Waals surface area contributed by atoms with Crippen molar-refractivity contribution in [2.75, 3.05) is 12.4 Å². The normalized spacial score (nSPS) is 27.1. The number of carbonyl (C=O) groups excluding carboxylic acids is 2. The van der Waals surface area contributed by atoms with Crippen molar-refractivity contribution in [1.29, 1.82) is 0 Å². The van der Waals surface area contributed by atoms with Crippen LogP contribution in [0.2, 0.25) is 0 Å². The van der Waals surface area contributed by atoms with Crippen molar-refractivity contribution >= 4 is 28.7 Å². The summed E-state index contributed by atoms with van der Waals surface area (Å²) in [5.74, 6) is -0.0489. The molecule has 2 fully saturated rings. The van der Waals surface area contributed by atoms with Gasteiger partial charge >= 0.3 is 11.8 Å². The first-order chi connectivity index (χ1) is 14.2. The second-order valence-electron chi connectivity index (χ2n) is 7.61. The van der Waals surface area contributed by atoms with Gasteiger partial charge in [-0.05, 0) is 32.0 Å². The highest BCUT2D eigenvalue weighted by molar-refractivity contribution is 5.91. The summed E-state index contributed by atoms with van der Waals surface area (Å²) in [5, 5.41) is 3.01. The third kappa shape index (κ3) is 3.59. The molecule has 4 rings (SSSR count). The molecule has 0 spiro atoms. The van der Waals surface area contributed by atoms with Crippen LogP contribution in [-0.4, -0.2) is 49.4 Å². The van der Waals surface area contributed by atoms with Gasteiger partial charge < -0.3 is 33.4 Å². The molecular formula is C20H21NO9. The van der Waals surface area contributed by atoms with E-state index in [2.05, 4.69) is 5.32 Å². The number of fused-ring (bicyclic) bond motifs is 2. The molecule has 0 bridgehead atoms. The maximum absolute atomic E-state index is 12.1. The minimum Gasteiger partial charge on any atom is -0.461 e. The predicted octanol–water partition coefficient (Wildman–Crippen LogP) is 2.18. The van der Waals surface area contributed by atoms with E-state index >= 15 is 0 Å². The summed E-state index contributed by atoms with van der Waals surface area (Å²) in [5.41, 5.74) is -1.21. The van der Waals surface area contributed by atoms with Gasteiger partial charge in [-0.2, -0.15) is 0 Å². The molecule has 1 N–H and O–H groups in total. The molecule has 0 aliphatic carbocycles. The van der Waals surface area contributed by atoms with Gasteiger partial charge in [0.2, 0.25) is 18.3 Å². The van der Waals surface area contributed by atoms with Gasteiger partial charge in [-0.3, -0.25) is 4.79 Å². The van der Waals surface area contributed by atoms with Crippen LogP contribution in [0, 0.1) is 0 Å². The minimum absolute atomic E-state index is 0.0458. The molecule has 10 heteroatoms. The van der Waals surface area contributed by atoms with Gasteiger partial charge in [-0.1, -0.05) is 0 Å². The number of hydrogen-bond acceptors (Lipinski definition) is 9. The molecule has 1 amide bonds. The van der Waals surface area contributed by atoms with Gasteiger partial charge in [0, 0.05) is 25.5 Å². The van der Waals surface area contributed by atoms with Crippen LogP contribution in [0.3, 0.4) is 0 Å². The molecule has 1 unspecified atom stereocenters. The van der Waals surface area contributed by atoms with E-state index in [1.807, 2.05) is 0 Å². The van der Waals surface area contributed by atoms with Crippen LogP contribution >= 0.6 is 0 Å². The number of methoxy groups -OCH3 is 1. The highest BCUT2D eigenvalue weighted by Gasteiger charge is 2.58. The Morgan fingerprint density at radius 1 is 1.13 bits per heavy atom. The van der Waals surface area contributed by atoms with Gasteiger partial charge in [0.15, 0.2) is 6.10 Å². The first-order valence-corrected chi connectivity index (χ1v) is 9.28. The Morgan fingerprint density at radius 2 is 1.87 bits per heavy atom. The zero-order valence-electron chi connectivity index (χ0n) is 16.8. The molecule has 2 saturated heterocycles. The molecule has 0 radical (unpaired) electrons. The van der Waals surface area contributed by atoms with Gasteiger partial charge in [0.05, 0.1) is 5.60 Å². The van der Waals surface area contributed by atoms with Gasteiger partial charge in [-0.25, -0.2) is 9.59 Å². The van der Waals surface area contributed by atoms with E-state index in [9.17, 15) is 14.4 Å². The first-order valence-electron chi connectivity index (χ1n) is 9.28. The van der Waals surface area contributed by atoms with E-state index in [1.54, 1.807) is 26.0 Å².